The van der Waals surface area contributed by atoms with Gasteiger partial charge in [0, 0.05) is 31.7 Å². The molecule has 0 atom stereocenters. The highest BCUT2D eigenvalue weighted by Gasteiger charge is 2.22. The van der Waals surface area contributed by atoms with Crippen molar-refractivity contribution < 1.29 is 18.4 Å². The summed E-state index contributed by atoms with van der Waals surface area (Å²) in [7, 11) is 1.46. The molecule has 2 heterocycles. The van der Waals surface area contributed by atoms with Crippen molar-refractivity contribution in [1.82, 2.24) is 15.4 Å². The number of amides is 1. The first-order valence-corrected chi connectivity index (χ1v) is 8.34. The van der Waals surface area contributed by atoms with Gasteiger partial charge in [0.15, 0.2) is 17.3 Å². The fourth-order valence-electron chi connectivity index (χ4n) is 3.03. The SMILES string of the molecule is COc1ccc(CN2CCC(NC(=O)c3cc(C)on3)CC2)cc1F. The van der Waals surface area contributed by atoms with Crippen LogP contribution in [-0.4, -0.2) is 42.2 Å². The smallest absolute Gasteiger partial charge is 0.273 e. The molecule has 0 radical (unpaired) electrons. The summed E-state index contributed by atoms with van der Waals surface area (Å²) in [5.74, 6) is 0.331. The maximum atomic E-state index is 13.8. The molecule has 0 aliphatic carbocycles. The van der Waals surface area contributed by atoms with Gasteiger partial charge < -0.3 is 14.6 Å². The summed E-state index contributed by atoms with van der Waals surface area (Å²) in [5, 5.41) is 6.72. The second-order valence-electron chi connectivity index (χ2n) is 6.32. The molecule has 3 rings (SSSR count). The van der Waals surface area contributed by atoms with Crippen molar-refractivity contribution in [3.63, 3.8) is 0 Å². The van der Waals surface area contributed by atoms with Crippen molar-refractivity contribution in [2.24, 2.45) is 0 Å². The van der Waals surface area contributed by atoms with E-state index in [0.717, 1.165) is 31.5 Å². The lowest BCUT2D eigenvalue weighted by Crippen LogP contribution is -2.44. The Labute approximate surface area is 145 Å². The molecule has 1 aliphatic heterocycles. The Morgan fingerprint density at radius 2 is 2.16 bits per heavy atom. The van der Waals surface area contributed by atoms with Gasteiger partial charge in [-0.05, 0) is 37.5 Å². The number of nitrogens with zero attached hydrogens (tertiary/aromatic N) is 2. The average molecular weight is 347 g/mol. The normalized spacial score (nSPS) is 16.0. The lowest BCUT2D eigenvalue weighted by Gasteiger charge is -2.32. The van der Waals surface area contributed by atoms with Gasteiger partial charge in [-0.2, -0.15) is 0 Å². The molecule has 1 aromatic carbocycles. The van der Waals surface area contributed by atoms with E-state index in [1.165, 1.54) is 13.2 Å². The number of piperidine rings is 1. The Hall–Kier alpha value is -2.41. The Morgan fingerprint density at radius 3 is 2.76 bits per heavy atom. The van der Waals surface area contributed by atoms with E-state index in [0.29, 0.717) is 18.0 Å². The topological polar surface area (TPSA) is 67.6 Å². The number of rotatable bonds is 5. The number of nitrogens with one attached hydrogen (secondary N) is 1. The van der Waals surface area contributed by atoms with Gasteiger partial charge in [0.05, 0.1) is 7.11 Å². The summed E-state index contributed by atoms with van der Waals surface area (Å²) >= 11 is 0. The minimum absolute atomic E-state index is 0.119. The molecule has 1 aromatic heterocycles. The molecule has 0 spiro atoms. The third-order valence-electron chi connectivity index (χ3n) is 4.41. The van der Waals surface area contributed by atoms with E-state index in [9.17, 15) is 9.18 Å². The van der Waals surface area contributed by atoms with Crippen LogP contribution in [0.2, 0.25) is 0 Å². The molecule has 6 nitrogen and oxygen atoms in total. The standard InChI is InChI=1S/C18H22FN3O3/c1-12-9-16(21-25-12)18(23)20-14-5-7-22(8-6-14)11-13-3-4-17(24-2)15(19)10-13/h3-4,9-10,14H,5-8,11H2,1-2H3,(H,20,23). The van der Waals surface area contributed by atoms with E-state index in [4.69, 9.17) is 9.26 Å². The molecule has 25 heavy (non-hydrogen) atoms. The number of aryl methyl sites for hydroxylation is 1. The Kier molecular flexibility index (Phi) is 5.33. The first-order valence-electron chi connectivity index (χ1n) is 8.34. The second kappa shape index (κ2) is 7.65. The molecular weight excluding hydrogens is 325 g/mol. The van der Waals surface area contributed by atoms with Crippen molar-refractivity contribution in [2.45, 2.75) is 32.4 Å². The van der Waals surface area contributed by atoms with E-state index in [-0.39, 0.29) is 23.5 Å². The number of likely N-dealkylation sites (tertiary alicyclic amines) is 1. The monoisotopic (exact) mass is 347 g/mol. The Morgan fingerprint density at radius 1 is 1.40 bits per heavy atom. The summed E-state index contributed by atoms with van der Waals surface area (Å²) in [6.07, 6.45) is 1.70. The zero-order valence-corrected chi connectivity index (χ0v) is 14.4. The van der Waals surface area contributed by atoms with Gasteiger partial charge in [-0.3, -0.25) is 9.69 Å². The van der Waals surface area contributed by atoms with Gasteiger partial charge in [-0.1, -0.05) is 11.2 Å². The fraction of sp³-hybridized carbons (Fsp3) is 0.444. The lowest BCUT2D eigenvalue weighted by molar-refractivity contribution is 0.0899. The first-order chi connectivity index (χ1) is 12.0. The molecule has 1 N–H and O–H groups in total. The lowest BCUT2D eigenvalue weighted by atomic mass is 10.0. The molecule has 0 unspecified atom stereocenters. The Bertz CT molecular complexity index is 739. The summed E-state index contributed by atoms with van der Waals surface area (Å²) in [6.45, 7) is 4.13. The largest absolute Gasteiger partial charge is 0.494 e. The number of hydrogen-bond donors (Lipinski definition) is 1. The van der Waals surface area contributed by atoms with Crippen LogP contribution in [0.25, 0.3) is 0 Å². The second-order valence-corrected chi connectivity index (χ2v) is 6.32. The molecule has 1 amide bonds. The third-order valence-corrected chi connectivity index (χ3v) is 4.41. The van der Waals surface area contributed by atoms with Crippen LogP contribution in [0.4, 0.5) is 4.39 Å². The number of carbonyl (C=O) groups excluding carboxylic acids is 1. The predicted molar refractivity (Wildman–Crippen MR) is 90.0 cm³/mol. The Balaban J connectivity index is 1.48. The summed E-state index contributed by atoms with van der Waals surface area (Å²) < 4.78 is 23.6. The minimum Gasteiger partial charge on any atom is -0.494 e. The third kappa shape index (κ3) is 4.36. The summed E-state index contributed by atoms with van der Waals surface area (Å²) in [4.78, 5) is 14.4. The predicted octanol–water partition coefficient (Wildman–Crippen LogP) is 2.53. The van der Waals surface area contributed by atoms with Crippen molar-refractivity contribution in [2.75, 3.05) is 20.2 Å². The molecule has 2 aromatic rings. The van der Waals surface area contributed by atoms with E-state index >= 15 is 0 Å². The van der Waals surface area contributed by atoms with Gasteiger partial charge in [-0.15, -0.1) is 0 Å². The fourth-order valence-corrected chi connectivity index (χ4v) is 3.03. The maximum absolute atomic E-state index is 13.8. The number of benzene rings is 1. The van der Waals surface area contributed by atoms with E-state index in [1.807, 2.05) is 6.07 Å². The summed E-state index contributed by atoms with van der Waals surface area (Å²) in [6, 6.07) is 6.79. The molecule has 0 bridgehead atoms. The first kappa shape index (κ1) is 17.4. The number of hydrogen-bond acceptors (Lipinski definition) is 5. The van der Waals surface area contributed by atoms with Crippen molar-refractivity contribution >= 4 is 5.91 Å². The van der Waals surface area contributed by atoms with Crippen molar-refractivity contribution in [1.29, 1.82) is 0 Å². The molecular formula is C18H22FN3O3. The number of carbonyl (C=O) groups is 1. The zero-order valence-electron chi connectivity index (χ0n) is 14.4. The molecule has 1 aliphatic rings. The van der Waals surface area contributed by atoms with Gasteiger partial charge in [0.1, 0.15) is 5.76 Å². The van der Waals surface area contributed by atoms with Crippen LogP contribution >= 0.6 is 0 Å². The minimum atomic E-state index is -0.343. The van der Waals surface area contributed by atoms with Crippen LogP contribution in [0, 0.1) is 12.7 Å². The van der Waals surface area contributed by atoms with Crippen LogP contribution < -0.4 is 10.1 Å². The molecule has 134 valence electrons. The number of methoxy groups -OCH3 is 1. The van der Waals surface area contributed by atoms with E-state index in [1.54, 1.807) is 19.1 Å². The zero-order chi connectivity index (χ0) is 17.8. The van der Waals surface area contributed by atoms with Crippen LogP contribution in [0.15, 0.2) is 28.8 Å². The molecule has 1 fully saturated rings. The van der Waals surface area contributed by atoms with E-state index < -0.39 is 0 Å². The maximum Gasteiger partial charge on any atom is 0.273 e. The van der Waals surface area contributed by atoms with Crippen LogP contribution in [0.1, 0.15) is 34.7 Å². The highest BCUT2D eigenvalue weighted by molar-refractivity contribution is 5.92. The highest BCUT2D eigenvalue weighted by Crippen LogP contribution is 2.20. The van der Waals surface area contributed by atoms with Gasteiger partial charge in [0.25, 0.3) is 5.91 Å². The molecule has 1 saturated heterocycles. The van der Waals surface area contributed by atoms with Crippen LogP contribution in [0.5, 0.6) is 5.75 Å². The van der Waals surface area contributed by atoms with Gasteiger partial charge >= 0.3 is 0 Å². The molecule has 0 saturated carbocycles. The quantitative estimate of drug-likeness (QED) is 0.900. The van der Waals surface area contributed by atoms with Gasteiger partial charge in [-0.25, -0.2) is 4.39 Å². The van der Waals surface area contributed by atoms with Crippen LogP contribution in [0.3, 0.4) is 0 Å². The average Bonchev–Trinajstić information content (AvgIpc) is 3.03. The number of halogens is 1. The van der Waals surface area contributed by atoms with Gasteiger partial charge in [0.2, 0.25) is 0 Å². The van der Waals surface area contributed by atoms with Crippen molar-refractivity contribution in [3.05, 3.63) is 47.1 Å². The molecule has 7 heteroatoms. The number of ether oxygens (including phenoxy) is 1. The van der Waals surface area contributed by atoms with E-state index in [2.05, 4.69) is 15.4 Å². The highest BCUT2D eigenvalue weighted by atomic mass is 19.1. The van der Waals surface area contributed by atoms with Crippen molar-refractivity contribution in [3.8, 4) is 5.75 Å². The number of aromatic nitrogens is 1. The van der Waals surface area contributed by atoms with Crippen LogP contribution in [-0.2, 0) is 6.54 Å². The summed E-state index contributed by atoms with van der Waals surface area (Å²) in [5.41, 5.74) is 1.23.